The lowest BCUT2D eigenvalue weighted by Gasteiger charge is -2.18. The molecule has 3 N–H and O–H groups in total. The highest BCUT2D eigenvalue weighted by Gasteiger charge is 2.30. The van der Waals surface area contributed by atoms with Crippen LogP contribution in [0.5, 0.6) is 6.01 Å². The largest absolute Gasteiger partial charge is 0.464 e. The molecule has 0 aliphatic carbocycles. The molecule has 2 amide bonds. The molecule has 12 nitrogen and oxygen atoms in total. The number of ether oxygens (including phenoxy) is 2. The van der Waals surface area contributed by atoms with E-state index in [0.29, 0.717) is 12.0 Å². The van der Waals surface area contributed by atoms with Crippen molar-refractivity contribution in [2.75, 3.05) is 30.9 Å². The third kappa shape index (κ3) is 4.51. The number of urea groups is 1. The smallest absolute Gasteiger partial charge is 0.339 e. The van der Waals surface area contributed by atoms with Gasteiger partial charge in [0.1, 0.15) is 4.90 Å². The number of nitrogens with zero attached hydrogens (tertiary/aromatic N) is 3. The molecule has 0 bridgehead atoms. The van der Waals surface area contributed by atoms with Gasteiger partial charge in [-0.05, 0) is 18.6 Å². The van der Waals surface area contributed by atoms with E-state index in [4.69, 9.17) is 9.47 Å². The zero-order valence-electron chi connectivity index (χ0n) is 15.6. The lowest BCUT2D eigenvalue weighted by molar-refractivity contribution is 0.0474. The molecule has 1 aliphatic heterocycles. The Bertz CT molecular complexity index is 1060. The van der Waals surface area contributed by atoms with Crippen LogP contribution in [0.25, 0.3) is 0 Å². The van der Waals surface area contributed by atoms with Crippen LogP contribution in [0.2, 0.25) is 0 Å². The van der Waals surface area contributed by atoms with Gasteiger partial charge in [0.15, 0.2) is 0 Å². The number of nitrogens with one attached hydrogen (secondary N) is 3. The first kappa shape index (κ1) is 20.3. The number of carbonyl (C=O) groups is 2. The van der Waals surface area contributed by atoms with Crippen molar-refractivity contribution in [3.63, 3.8) is 0 Å². The summed E-state index contributed by atoms with van der Waals surface area (Å²) in [6.45, 7) is 2.17. The second-order valence-electron chi connectivity index (χ2n) is 5.68. The molecule has 29 heavy (non-hydrogen) atoms. The van der Waals surface area contributed by atoms with Crippen LogP contribution in [-0.4, -0.2) is 55.6 Å². The number of fused-ring (bicyclic) bond motifs is 1. The summed E-state index contributed by atoms with van der Waals surface area (Å²) in [7, 11) is -2.82. The van der Waals surface area contributed by atoms with E-state index in [-0.39, 0.29) is 41.6 Å². The summed E-state index contributed by atoms with van der Waals surface area (Å²) >= 11 is 0. The highest BCUT2D eigenvalue weighted by atomic mass is 32.2. The molecule has 0 saturated carbocycles. The summed E-state index contributed by atoms with van der Waals surface area (Å²) < 4.78 is 37.3. The number of carbonyl (C=O) groups excluding carboxylic acids is 2. The van der Waals surface area contributed by atoms with Crippen LogP contribution in [0.15, 0.2) is 23.1 Å². The van der Waals surface area contributed by atoms with Crippen molar-refractivity contribution in [3.8, 4) is 6.01 Å². The summed E-state index contributed by atoms with van der Waals surface area (Å²) in [4.78, 5) is 35.6. The minimum Gasteiger partial charge on any atom is -0.464 e. The molecule has 2 heterocycles. The zero-order chi connectivity index (χ0) is 21.0. The van der Waals surface area contributed by atoms with Crippen LogP contribution in [0.4, 0.5) is 16.7 Å². The summed E-state index contributed by atoms with van der Waals surface area (Å²) in [6, 6.07) is 3.17. The SMILES string of the molecule is CCOc1nc(NC)nc(NC(=O)NS(=O)(=O)c2cccc3c2C(=O)OCC3)n1. The van der Waals surface area contributed by atoms with Gasteiger partial charge < -0.3 is 14.8 Å². The average molecular weight is 422 g/mol. The number of esters is 1. The number of sulfonamides is 1. The van der Waals surface area contributed by atoms with Crippen molar-refractivity contribution in [2.24, 2.45) is 0 Å². The molecule has 13 heteroatoms. The lowest BCUT2D eigenvalue weighted by atomic mass is 10.0. The van der Waals surface area contributed by atoms with Gasteiger partial charge in [-0.2, -0.15) is 15.0 Å². The first-order valence-corrected chi connectivity index (χ1v) is 10.0. The normalized spacial score (nSPS) is 13.1. The third-order valence-corrected chi connectivity index (χ3v) is 5.15. The lowest BCUT2D eigenvalue weighted by Crippen LogP contribution is -2.36. The van der Waals surface area contributed by atoms with Crippen LogP contribution < -0.4 is 20.1 Å². The van der Waals surface area contributed by atoms with E-state index in [9.17, 15) is 18.0 Å². The maximum absolute atomic E-state index is 12.7. The number of amides is 2. The molecule has 3 rings (SSSR count). The second-order valence-corrected chi connectivity index (χ2v) is 7.33. The standard InChI is InChI=1S/C16H18N6O6S/c1-3-27-16-20-13(17-2)18-14(21-16)19-15(24)22-29(25,26)10-6-4-5-9-7-8-28-12(23)11(9)10/h4-6H,3,7-8H2,1-2H3,(H3,17,18,19,20,21,22,24). The number of hydrogen-bond donors (Lipinski definition) is 3. The van der Waals surface area contributed by atoms with Crippen molar-refractivity contribution >= 4 is 33.9 Å². The van der Waals surface area contributed by atoms with Crippen LogP contribution in [0, 0.1) is 0 Å². The maximum atomic E-state index is 12.7. The van der Waals surface area contributed by atoms with E-state index in [1.807, 2.05) is 4.72 Å². The number of rotatable bonds is 6. The van der Waals surface area contributed by atoms with E-state index < -0.39 is 22.0 Å². The summed E-state index contributed by atoms with van der Waals surface area (Å²) in [5, 5.41) is 4.87. The second kappa shape index (κ2) is 8.26. The van der Waals surface area contributed by atoms with Gasteiger partial charge in [-0.15, -0.1) is 0 Å². The highest BCUT2D eigenvalue weighted by Crippen LogP contribution is 2.24. The molecule has 1 aliphatic rings. The Kier molecular flexibility index (Phi) is 5.77. The van der Waals surface area contributed by atoms with Crippen LogP contribution in [0.1, 0.15) is 22.8 Å². The minimum atomic E-state index is -4.37. The Morgan fingerprint density at radius 3 is 2.72 bits per heavy atom. The fourth-order valence-corrected chi connectivity index (χ4v) is 3.73. The van der Waals surface area contributed by atoms with E-state index in [1.165, 1.54) is 12.1 Å². The van der Waals surface area contributed by atoms with E-state index in [1.54, 1.807) is 20.0 Å². The van der Waals surface area contributed by atoms with Crippen molar-refractivity contribution < 1.29 is 27.5 Å². The van der Waals surface area contributed by atoms with Gasteiger partial charge in [0.05, 0.1) is 18.8 Å². The summed E-state index contributed by atoms with van der Waals surface area (Å²) in [5.41, 5.74) is 0.442. The average Bonchev–Trinajstić information content (AvgIpc) is 2.67. The highest BCUT2D eigenvalue weighted by molar-refractivity contribution is 7.90. The predicted octanol–water partition coefficient (Wildman–Crippen LogP) is 0.535. The van der Waals surface area contributed by atoms with Crippen LogP contribution in [-0.2, 0) is 21.2 Å². The van der Waals surface area contributed by atoms with Crippen LogP contribution in [0.3, 0.4) is 0 Å². The number of anilines is 2. The molecule has 0 atom stereocenters. The van der Waals surface area contributed by atoms with Crippen molar-refractivity contribution in [2.45, 2.75) is 18.2 Å². The number of hydrogen-bond acceptors (Lipinski definition) is 10. The summed E-state index contributed by atoms with van der Waals surface area (Å²) in [6.07, 6.45) is 0.383. The first-order chi connectivity index (χ1) is 13.8. The van der Waals surface area contributed by atoms with Gasteiger partial charge in [-0.3, -0.25) is 5.32 Å². The molecule has 154 valence electrons. The number of benzene rings is 1. The van der Waals surface area contributed by atoms with Gasteiger partial charge in [0.2, 0.25) is 11.9 Å². The van der Waals surface area contributed by atoms with Gasteiger partial charge in [0.25, 0.3) is 10.0 Å². The van der Waals surface area contributed by atoms with Gasteiger partial charge >= 0.3 is 18.0 Å². The Labute approximate surface area is 166 Å². The van der Waals surface area contributed by atoms with Crippen molar-refractivity contribution in [3.05, 3.63) is 29.3 Å². The fraction of sp³-hybridized carbons (Fsp3) is 0.312. The molecule has 1 aromatic heterocycles. The van der Waals surface area contributed by atoms with Crippen LogP contribution >= 0.6 is 0 Å². The van der Waals surface area contributed by atoms with Crippen molar-refractivity contribution in [1.29, 1.82) is 0 Å². The van der Waals surface area contributed by atoms with E-state index in [2.05, 4.69) is 25.6 Å². The zero-order valence-corrected chi connectivity index (χ0v) is 16.4. The Hall–Kier alpha value is -3.48. The molecule has 1 aromatic carbocycles. The Morgan fingerprint density at radius 1 is 1.24 bits per heavy atom. The molecule has 0 radical (unpaired) electrons. The van der Waals surface area contributed by atoms with Gasteiger partial charge in [-0.1, -0.05) is 12.1 Å². The minimum absolute atomic E-state index is 0.0510. The number of aromatic nitrogens is 3. The topological polar surface area (TPSA) is 162 Å². The van der Waals surface area contributed by atoms with Gasteiger partial charge in [0, 0.05) is 13.5 Å². The third-order valence-electron chi connectivity index (χ3n) is 3.78. The molecule has 2 aromatic rings. The first-order valence-electron chi connectivity index (χ1n) is 8.53. The predicted molar refractivity (Wildman–Crippen MR) is 100 cm³/mol. The van der Waals surface area contributed by atoms with E-state index in [0.717, 1.165) is 0 Å². The summed E-state index contributed by atoms with van der Waals surface area (Å²) in [5.74, 6) is -0.874. The monoisotopic (exact) mass is 422 g/mol. The van der Waals surface area contributed by atoms with E-state index >= 15 is 0 Å². The Balaban J connectivity index is 1.83. The fourth-order valence-electron chi connectivity index (χ4n) is 2.59. The van der Waals surface area contributed by atoms with Crippen molar-refractivity contribution in [1.82, 2.24) is 19.7 Å². The molecular weight excluding hydrogens is 404 g/mol. The molecular formula is C16H18N6O6S. The molecule has 0 fully saturated rings. The maximum Gasteiger partial charge on any atom is 0.339 e. The quantitative estimate of drug-likeness (QED) is 0.560. The molecule has 0 saturated heterocycles. The molecule has 0 unspecified atom stereocenters. The van der Waals surface area contributed by atoms with Gasteiger partial charge in [-0.25, -0.2) is 22.7 Å². The Morgan fingerprint density at radius 2 is 2.00 bits per heavy atom. The molecule has 0 spiro atoms. The number of cyclic esters (lactones) is 1.